The van der Waals surface area contributed by atoms with E-state index in [1.807, 2.05) is 13.8 Å². The lowest BCUT2D eigenvalue weighted by molar-refractivity contribution is -0.105. The lowest BCUT2D eigenvalue weighted by atomic mass is 9.88. The Bertz CT molecular complexity index is 176. The van der Waals surface area contributed by atoms with Crippen LogP contribution in [0.25, 0.3) is 0 Å². The van der Waals surface area contributed by atoms with Gasteiger partial charge in [-0.15, -0.1) is 11.8 Å². The molecule has 1 unspecified atom stereocenters. The molecule has 0 amide bonds. The van der Waals surface area contributed by atoms with E-state index >= 15 is 0 Å². The zero-order valence-electron chi connectivity index (χ0n) is 9.05. The highest BCUT2D eigenvalue weighted by Crippen LogP contribution is 2.25. The van der Waals surface area contributed by atoms with Gasteiger partial charge in [0.05, 0.1) is 11.7 Å². The van der Waals surface area contributed by atoms with Crippen molar-refractivity contribution in [2.75, 3.05) is 7.11 Å². The van der Waals surface area contributed by atoms with Crippen LogP contribution in [0.15, 0.2) is 0 Å². The summed E-state index contributed by atoms with van der Waals surface area (Å²) in [7, 11) is 1.65. The summed E-state index contributed by atoms with van der Waals surface area (Å²) >= 11 is 0. The number of hydrogen-bond donors (Lipinski definition) is 1. The van der Waals surface area contributed by atoms with Crippen molar-refractivity contribution >= 4 is 0 Å². The number of rotatable bonds is 5. The van der Waals surface area contributed by atoms with Crippen LogP contribution >= 0.6 is 0 Å². The minimum absolute atomic E-state index is 0.413. The first-order chi connectivity index (χ1) is 6.16. The first kappa shape index (κ1) is 12.5. The largest absolute Gasteiger partial charge is 0.389 e. The van der Waals surface area contributed by atoms with Gasteiger partial charge in [0, 0.05) is 13.5 Å². The summed E-state index contributed by atoms with van der Waals surface area (Å²) in [4.78, 5) is 0. The van der Waals surface area contributed by atoms with Crippen LogP contribution in [0.2, 0.25) is 0 Å². The summed E-state index contributed by atoms with van der Waals surface area (Å²) < 4.78 is 5.38. The van der Waals surface area contributed by atoms with E-state index in [-0.39, 0.29) is 0 Å². The van der Waals surface area contributed by atoms with Gasteiger partial charge in [0.1, 0.15) is 0 Å². The van der Waals surface area contributed by atoms with Crippen molar-refractivity contribution < 1.29 is 9.84 Å². The molecule has 0 heterocycles. The molecule has 1 atom stereocenters. The van der Waals surface area contributed by atoms with E-state index in [4.69, 9.17) is 4.74 Å². The highest BCUT2D eigenvalue weighted by Gasteiger charge is 2.33. The van der Waals surface area contributed by atoms with Crippen LogP contribution in [-0.4, -0.2) is 23.9 Å². The maximum absolute atomic E-state index is 9.86. The van der Waals surface area contributed by atoms with Crippen LogP contribution in [0.5, 0.6) is 0 Å². The average Bonchev–Trinajstić information content (AvgIpc) is 2.18. The molecule has 0 aliphatic carbocycles. The van der Waals surface area contributed by atoms with Gasteiger partial charge >= 0.3 is 0 Å². The zero-order valence-corrected chi connectivity index (χ0v) is 9.05. The molecule has 0 aliphatic rings. The minimum Gasteiger partial charge on any atom is -0.389 e. The van der Waals surface area contributed by atoms with Crippen molar-refractivity contribution in [1.29, 1.82) is 0 Å². The summed E-state index contributed by atoms with van der Waals surface area (Å²) in [6.07, 6.45) is 1.63. The molecule has 0 saturated carbocycles. The SMILES string of the molecule is CC#CCC(O)C(CC)(CC)OC. The molecule has 0 aromatic carbocycles. The first-order valence-electron chi connectivity index (χ1n) is 4.79. The quantitative estimate of drug-likeness (QED) is 0.662. The van der Waals surface area contributed by atoms with Crippen molar-refractivity contribution in [3.63, 3.8) is 0 Å². The Morgan fingerprint density at radius 2 is 1.92 bits per heavy atom. The third-order valence-electron chi connectivity index (χ3n) is 2.68. The van der Waals surface area contributed by atoms with Crippen molar-refractivity contribution in [1.82, 2.24) is 0 Å². The van der Waals surface area contributed by atoms with Gasteiger partial charge in [0.15, 0.2) is 0 Å². The Kier molecular flexibility index (Phi) is 5.77. The molecule has 0 saturated heterocycles. The van der Waals surface area contributed by atoms with Crippen LogP contribution in [0.3, 0.4) is 0 Å². The van der Waals surface area contributed by atoms with E-state index < -0.39 is 11.7 Å². The lowest BCUT2D eigenvalue weighted by Gasteiger charge is -2.34. The second kappa shape index (κ2) is 6.01. The van der Waals surface area contributed by atoms with E-state index in [2.05, 4.69) is 11.8 Å². The van der Waals surface area contributed by atoms with Crippen LogP contribution in [0, 0.1) is 11.8 Å². The summed E-state index contributed by atoms with van der Waals surface area (Å²) in [6.45, 7) is 5.82. The molecule has 76 valence electrons. The molecule has 0 aliphatic heterocycles. The molecule has 2 heteroatoms. The van der Waals surface area contributed by atoms with E-state index in [9.17, 15) is 5.11 Å². The second-order valence-electron chi connectivity index (χ2n) is 3.12. The first-order valence-corrected chi connectivity index (χ1v) is 4.79. The van der Waals surface area contributed by atoms with Crippen LogP contribution in [0.4, 0.5) is 0 Å². The topological polar surface area (TPSA) is 29.5 Å². The molecule has 2 nitrogen and oxygen atoms in total. The van der Waals surface area contributed by atoms with E-state index in [0.29, 0.717) is 6.42 Å². The van der Waals surface area contributed by atoms with Gasteiger partial charge in [0.25, 0.3) is 0 Å². The molecular weight excluding hydrogens is 164 g/mol. The molecule has 13 heavy (non-hydrogen) atoms. The van der Waals surface area contributed by atoms with Gasteiger partial charge in [-0.2, -0.15) is 0 Å². The minimum atomic E-state index is -0.486. The fourth-order valence-electron chi connectivity index (χ4n) is 1.53. The van der Waals surface area contributed by atoms with Crippen molar-refractivity contribution in [3.8, 4) is 11.8 Å². The molecule has 0 spiro atoms. The van der Waals surface area contributed by atoms with Crippen LogP contribution < -0.4 is 0 Å². The number of ether oxygens (including phenoxy) is 1. The molecule has 0 fully saturated rings. The Hall–Kier alpha value is -0.520. The van der Waals surface area contributed by atoms with Gasteiger partial charge in [-0.1, -0.05) is 13.8 Å². The fraction of sp³-hybridized carbons (Fsp3) is 0.818. The Morgan fingerprint density at radius 3 is 2.23 bits per heavy atom. The predicted molar refractivity (Wildman–Crippen MR) is 54.4 cm³/mol. The number of hydrogen-bond acceptors (Lipinski definition) is 2. The van der Waals surface area contributed by atoms with E-state index in [1.54, 1.807) is 14.0 Å². The fourth-order valence-corrected chi connectivity index (χ4v) is 1.53. The molecular formula is C11H20O2. The Labute approximate surface area is 81.3 Å². The van der Waals surface area contributed by atoms with Gasteiger partial charge in [0.2, 0.25) is 0 Å². The molecule has 0 radical (unpaired) electrons. The average molecular weight is 184 g/mol. The standard InChI is InChI=1S/C11H20O2/c1-5-8-9-10(12)11(6-2,7-3)13-4/h10,12H,6-7,9H2,1-4H3. The monoisotopic (exact) mass is 184 g/mol. The third kappa shape index (κ3) is 3.02. The molecule has 1 N–H and O–H groups in total. The van der Waals surface area contributed by atoms with Crippen molar-refractivity contribution in [3.05, 3.63) is 0 Å². The van der Waals surface area contributed by atoms with Crippen LogP contribution in [-0.2, 0) is 4.74 Å². The van der Waals surface area contributed by atoms with E-state index in [0.717, 1.165) is 12.8 Å². The van der Waals surface area contributed by atoms with Gasteiger partial charge < -0.3 is 9.84 Å². The number of aliphatic hydroxyl groups excluding tert-OH is 1. The smallest absolute Gasteiger partial charge is 0.0940 e. The molecule has 0 bridgehead atoms. The Morgan fingerprint density at radius 1 is 1.38 bits per heavy atom. The van der Waals surface area contributed by atoms with Crippen molar-refractivity contribution in [2.24, 2.45) is 0 Å². The van der Waals surface area contributed by atoms with Crippen molar-refractivity contribution in [2.45, 2.75) is 51.7 Å². The molecule has 0 aromatic rings. The maximum Gasteiger partial charge on any atom is 0.0940 e. The van der Waals surface area contributed by atoms with Gasteiger partial charge in [-0.05, 0) is 19.8 Å². The molecule has 0 aromatic heterocycles. The predicted octanol–water partition coefficient (Wildman–Crippen LogP) is 1.97. The van der Waals surface area contributed by atoms with E-state index in [1.165, 1.54) is 0 Å². The van der Waals surface area contributed by atoms with Crippen LogP contribution in [0.1, 0.15) is 40.0 Å². The van der Waals surface area contributed by atoms with Gasteiger partial charge in [-0.3, -0.25) is 0 Å². The zero-order chi connectivity index (χ0) is 10.3. The normalized spacial score (nSPS) is 13.3. The summed E-state index contributed by atoms with van der Waals surface area (Å²) in [5, 5.41) is 9.86. The number of aliphatic hydroxyl groups is 1. The molecule has 0 rings (SSSR count). The number of methoxy groups -OCH3 is 1. The van der Waals surface area contributed by atoms with Gasteiger partial charge in [-0.25, -0.2) is 0 Å². The second-order valence-corrected chi connectivity index (χ2v) is 3.12. The summed E-state index contributed by atoms with van der Waals surface area (Å²) in [5.41, 5.74) is -0.413. The maximum atomic E-state index is 9.86. The lowest BCUT2D eigenvalue weighted by Crippen LogP contribution is -2.42. The summed E-state index contributed by atoms with van der Waals surface area (Å²) in [5.74, 6) is 5.65. The Balaban J connectivity index is 4.39. The summed E-state index contributed by atoms with van der Waals surface area (Å²) in [6, 6.07) is 0. The highest BCUT2D eigenvalue weighted by atomic mass is 16.5. The highest BCUT2D eigenvalue weighted by molar-refractivity contribution is 5.01. The third-order valence-corrected chi connectivity index (χ3v) is 2.68.